The van der Waals surface area contributed by atoms with Crippen LogP contribution >= 0.6 is 0 Å². The summed E-state index contributed by atoms with van der Waals surface area (Å²) in [6.45, 7) is 1.75. The Kier molecular flexibility index (Phi) is 6.17. The van der Waals surface area contributed by atoms with Crippen molar-refractivity contribution in [1.29, 1.82) is 0 Å². The number of amides is 3. The molecule has 0 aliphatic carbocycles. The van der Waals surface area contributed by atoms with Gasteiger partial charge in [-0.25, -0.2) is 9.69 Å². The number of fused-ring (bicyclic) bond motifs is 1. The second kappa shape index (κ2) is 9.35. The summed E-state index contributed by atoms with van der Waals surface area (Å²) in [5, 5.41) is 2.64. The molecule has 1 aliphatic rings. The highest BCUT2D eigenvalue weighted by molar-refractivity contribution is 6.34. The van der Waals surface area contributed by atoms with Crippen molar-refractivity contribution in [2.24, 2.45) is 0 Å². The highest BCUT2D eigenvalue weighted by Gasteiger charge is 2.36. The van der Waals surface area contributed by atoms with Gasteiger partial charge in [-0.1, -0.05) is 30.3 Å². The number of carbonyl (C=O) groups excluding carboxylic acids is 4. The van der Waals surface area contributed by atoms with Crippen LogP contribution in [0.4, 0.5) is 11.4 Å². The number of rotatable bonds is 7. The Labute approximate surface area is 189 Å². The molecule has 0 saturated carbocycles. The van der Waals surface area contributed by atoms with Crippen molar-refractivity contribution in [2.75, 3.05) is 23.4 Å². The Morgan fingerprint density at radius 3 is 2.24 bits per heavy atom. The van der Waals surface area contributed by atoms with Crippen LogP contribution in [0.2, 0.25) is 0 Å². The third-order valence-corrected chi connectivity index (χ3v) is 4.93. The van der Waals surface area contributed by atoms with Crippen LogP contribution in [0.1, 0.15) is 38.0 Å². The molecule has 0 fully saturated rings. The number of hydrogen-bond acceptors (Lipinski definition) is 6. The zero-order valence-corrected chi connectivity index (χ0v) is 17.7. The Hall–Kier alpha value is -4.46. The Morgan fingerprint density at radius 1 is 0.879 bits per heavy atom. The molecule has 4 rings (SSSR count). The van der Waals surface area contributed by atoms with Crippen LogP contribution in [0, 0.1) is 0 Å². The van der Waals surface area contributed by atoms with Crippen molar-refractivity contribution in [3.63, 3.8) is 0 Å². The molecule has 1 N–H and O–H groups in total. The largest absolute Gasteiger partial charge is 0.492 e. The Bertz CT molecular complexity index is 1220. The maximum atomic E-state index is 12.7. The number of para-hydroxylation sites is 2. The van der Waals surface area contributed by atoms with Crippen molar-refractivity contribution >= 4 is 35.1 Å². The topological polar surface area (TPSA) is 102 Å². The SMILES string of the molecule is CCOc1ccccc1NC(=O)COC(=O)c1cccc(N2C(=O)c3ccccc3C2=O)c1. The van der Waals surface area contributed by atoms with Gasteiger partial charge in [0, 0.05) is 0 Å². The molecule has 0 spiro atoms. The number of nitrogens with zero attached hydrogens (tertiary/aromatic N) is 1. The summed E-state index contributed by atoms with van der Waals surface area (Å²) in [6.07, 6.45) is 0. The molecular formula is C25H20N2O6. The number of anilines is 2. The second-order valence-electron chi connectivity index (χ2n) is 7.10. The lowest BCUT2D eigenvalue weighted by Crippen LogP contribution is -2.29. The van der Waals surface area contributed by atoms with Crippen LogP contribution < -0.4 is 15.0 Å². The van der Waals surface area contributed by atoms with Crippen molar-refractivity contribution in [1.82, 2.24) is 0 Å². The zero-order chi connectivity index (χ0) is 23.4. The number of imide groups is 1. The van der Waals surface area contributed by atoms with Crippen molar-refractivity contribution < 1.29 is 28.7 Å². The van der Waals surface area contributed by atoms with Gasteiger partial charge in [-0.3, -0.25) is 14.4 Å². The van der Waals surface area contributed by atoms with Gasteiger partial charge in [-0.15, -0.1) is 0 Å². The van der Waals surface area contributed by atoms with E-state index in [1.807, 2.05) is 6.92 Å². The van der Waals surface area contributed by atoms with Gasteiger partial charge in [-0.05, 0) is 49.4 Å². The zero-order valence-electron chi connectivity index (χ0n) is 17.7. The summed E-state index contributed by atoms with van der Waals surface area (Å²) in [4.78, 5) is 51.1. The van der Waals surface area contributed by atoms with E-state index in [1.165, 1.54) is 18.2 Å². The fourth-order valence-electron chi connectivity index (χ4n) is 3.45. The molecule has 0 saturated heterocycles. The summed E-state index contributed by atoms with van der Waals surface area (Å²) in [7, 11) is 0. The standard InChI is InChI=1S/C25H20N2O6/c1-2-32-21-13-6-5-12-20(21)26-22(28)15-33-25(31)16-8-7-9-17(14-16)27-23(29)18-10-3-4-11-19(18)24(27)30/h3-14H,2,15H2,1H3,(H,26,28). The lowest BCUT2D eigenvalue weighted by Gasteiger charge is -2.15. The van der Waals surface area contributed by atoms with E-state index in [4.69, 9.17) is 9.47 Å². The van der Waals surface area contributed by atoms with Gasteiger partial charge < -0.3 is 14.8 Å². The molecule has 0 radical (unpaired) electrons. The van der Waals surface area contributed by atoms with E-state index in [0.29, 0.717) is 29.2 Å². The number of hydrogen-bond donors (Lipinski definition) is 1. The second-order valence-corrected chi connectivity index (χ2v) is 7.10. The summed E-state index contributed by atoms with van der Waals surface area (Å²) in [5.41, 5.74) is 1.42. The number of benzene rings is 3. The van der Waals surface area contributed by atoms with E-state index in [0.717, 1.165) is 4.90 Å². The minimum atomic E-state index is -0.762. The molecule has 0 bridgehead atoms. The monoisotopic (exact) mass is 444 g/mol. The molecule has 3 aromatic carbocycles. The number of ether oxygens (including phenoxy) is 2. The van der Waals surface area contributed by atoms with Gasteiger partial charge >= 0.3 is 5.97 Å². The van der Waals surface area contributed by atoms with Gasteiger partial charge in [0.2, 0.25) is 0 Å². The summed E-state index contributed by atoms with van der Waals surface area (Å²) < 4.78 is 10.6. The van der Waals surface area contributed by atoms with Gasteiger partial charge in [-0.2, -0.15) is 0 Å². The maximum Gasteiger partial charge on any atom is 0.338 e. The quantitative estimate of drug-likeness (QED) is 0.441. The highest BCUT2D eigenvalue weighted by Crippen LogP contribution is 2.29. The maximum absolute atomic E-state index is 12.7. The van der Waals surface area contributed by atoms with E-state index in [9.17, 15) is 19.2 Å². The average molecular weight is 444 g/mol. The molecule has 3 amide bonds. The first-order chi connectivity index (χ1) is 16.0. The predicted molar refractivity (Wildman–Crippen MR) is 121 cm³/mol. The summed E-state index contributed by atoms with van der Waals surface area (Å²) >= 11 is 0. The third-order valence-electron chi connectivity index (χ3n) is 4.93. The first-order valence-corrected chi connectivity index (χ1v) is 10.3. The van der Waals surface area contributed by atoms with E-state index >= 15 is 0 Å². The molecule has 0 aromatic heterocycles. The molecular weight excluding hydrogens is 424 g/mol. The lowest BCUT2D eigenvalue weighted by atomic mass is 10.1. The van der Waals surface area contributed by atoms with Gasteiger partial charge in [0.1, 0.15) is 5.75 Å². The van der Waals surface area contributed by atoms with E-state index in [1.54, 1.807) is 54.6 Å². The lowest BCUT2D eigenvalue weighted by molar-refractivity contribution is -0.119. The highest BCUT2D eigenvalue weighted by atomic mass is 16.5. The average Bonchev–Trinajstić information content (AvgIpc) is 3.09. The van der Waals surface area contributed by atoms with Crippen LogP contribution in [0.15, 0.2) is 72.8 Å². The van der Waals surface area contributed by atoms with E-state index in [-0.39, 0.29) is 11.3 Å². The third kappa shape index (κ3) is 4.45. The fourth-order valence-corrected chi connectivity index (χ4v) is 3.45. The number of nitrogens with one attached hydrogen (secondary N) is 1. The van der Waals surface area contributed by atoms with Crippen LogP contribution in [-0.2, 0) is 9.53 Å². The molecule has 1 heterocycles. The molecule has 8 heteroatoms. The molecule has 1 aliphatic heterocycles. The van der Waals surface area contributed by atoms with Crippen molar-refractivity contribution in [3.05, 3.63) is 89.5 Å². The molecule has 8 nitrogen and oxygen atoms in total. The molecule has 3 aromatic rings. The van der Waals surface area contributed by atoms with Crippen molar-refractivity contribution in [3.8, 4) is 5.75 Å². The van der Waals surface area contributed by atoms with Crippen LogP contribution in [-0.4, -0.2) is 36.9 Å². The number of carbonyl (C=O) groups is 4. The van der Waals surface area contributed by atoms with Gasteiger partial charge in [0.25, 0.3) is 17.7 Å². The smallest absolute Gasteiger partial charge is 0.338 e. The minimum absolute atomic E-state index is 0.103. The van der Waals surface area contributed by atoms with E-state index < -0.39 is 30.3 Å². The molecule has 166 valence electrons. The van der Waals surface area contributed by atoms with Crippen molar-refractivity contribution in [2.45, 2.75) is 6.92 Å². The Morgan fingerprint density at radius 2 is 1.55 bits per heavy atom. The summed E-state index contributed by atoms with van der Waals surface area (Å²) in [6, 6.07) is 19.4. The first-order valence-electron chi connectivity index (χ1n) is 10.3. The fraction of sp³-hybridized carbons (Fsp3) is 0.120. The van der Waals surface area contributed by atoms with Crippen LogP contribution in [0.5, 0.6) is 5.75 Å². The predicted octanol–water partition coefficient (Wildman–Crippen LogP) is 3.68. The Balaban J connectivity index is 1.42. The van der Waals surface area contributed by atoms with Crippen LogP contribution in [0.25, 0.3) is 0 Å². The van der Waals surface area contributed by atoms with Gasteiger partial charge in [0.05, 0.1) is 34.7 Å². The summed E-state index contributed by atoms with van der Waals surface area (Å²) in [5.74, 6) is -1.72. The molecule has 0 atom stereocenters. The normalized spacial score (nSPS) is 12.3. The first kappa shape index (κ1) is 21.8. The van der Waals surface area contributed by atoms with Gasteiger partial charge in [0.15, 0.2) is 6.61 Å². The molecule has 0 unspecified atom stereocenters. The van der Waals surface area contributed by atoms with E-state index in [2.05, 4.69) is 5.32 Å². The molecule has 33 heavy (non-hydrogen) atoms. The van der Waals surface area contributed by atoms with Crippen LogP contribution in [0.3, 0.4) is 0 Å². The number of esters is 1. The minimum Gasteiger partial charge on any atom is -0.492 e.